The molecule has 0 fully saturated rings. The second-order valence-corrected chi connectivity index (χ2v) is 12.5. The van der Waals surface area contributed by atoms with Gasteiger partial charge < -0.3 is 4.90 Å². The highest BCUT2D eigenvalue weighted by atomic mass is 79.9. The molecule has 4 heteroatoms. The van der Waals surface area contributed by atoms with Gasteiger partial charge in [-0.1, -0.05) is 87.5 Å². The van der Waals surface area contributed by atoms with Gasteiger partial charge in [0, 0.05) is 10.0 Å². The molecule has 0 radical (unpaired) electrons. The van der Waals surface area contributed by atoms with Gasteiger partial charge in [-0.2, -0.15) is 0 Å². The summed E-state index contributed by atoms with van der Waals surface area (Å²) in [6.45, 7) is 0. The van der Waals surface area contributed by atoms with E-state index in [0.29, 0.717) is 5.78 Å². The van der Waals surface area contributed by atoms with Crippen molar-refractivity contribution in [3.8, 4) is 11.1 Å². The molecule has 4 aliphatic rings. The standard InChI is InChI=1S/C34H26BrN2P/c35-32-25-14-3-1-12-23(25)31(24-13-2-4-15-26(24)32)21-10-9-11-22(20-21)33-36-28-17-6-5-16-27(28)34-37(33)29-18-7-8-19-30(29)38-34/h1,3,6-15,17-20,34,38H,2,4-5,16H2. The monoisotopic (exact) mass is 572 g/mol. The van der Waals surface area contributed by atoms with Crippen molar-refractivity contribution in [1.82, 2.24) is 0 Å². The molecule has 0 saturated heterocycles. The molecule has 2 heterocycles. The van der Waals surface area contributed by atoms with Crippen LogP contribution in [-0.4, -0.2) is 11.6 Å². The maximum atomic E-state index is 5.33. The zero-order valence-corrected chi connectivity index (χ0v) is 23.5. The zero-order chi connectivity index (χ0) is 25.2. The van der Waals surface area contributed by atoms with Gasteiger partial charge >= 0.3 is 0 Å². The van der Waals surface area contributed by atoms with E-state index >= 15 is 0 Å². The van der Waals surface area contributed by atoms with Crippen molar-refractivity contribution in [3.63, 3.8) is 0 Å². The molecule has 4 aromatic carbocycles. The summed E-state index contributed by atoms with van der Waals surface area (Å²) in [4.78, 5) is 7.86. The van der Waals surface area contributed by atoms with Gasteiger partial charge in [-0.25, -0.2) is 4.99 Å². The van der Waals surface area contributed by atoms with Crippen molar-refractivity contribution in [2.75, 3.05) is 4.90 Å². The summed E-state index contributed by atoms with van der Waals surface area (Å²) in [7, 11) is 0.748. The van der Waals surface area contributed by atoms with Crippen LogP contribution < -0.4 is 20.6 Å². The van der Waals surface area contributed by atoms with Crippen LogP contribution in [0, 0.1) is 0 Å². The summed E-state index contributed by atoms with van der Waals surface area (Å²) in [5, 5.41) is 6.67. The van der Waals surface area contributed by atoms with Crippen molar-refractivity contribution < 1.29 is 0 Å². The van der Waals surface area contributed by atoms with Gasteiger partial charge in [0.2, 0.25) is 0 Å². The van der Waals surface area contributed by atoms with Gasteiger partial charge in [-0.15, -0.1) is 0 Å². The summed E-state index contributed by atoms with van der Waals surface area (Å²) in [6.07, 6.45) is 13.7. The molecule has 4 aromatic rings. The first-order valence-corrected chi connectivity index (χ1v) is 15.3. The number of halogens is 1. The van der Waals surface area contributed by atoms with Crippen LogP contribution in [0.15, 0.2) is 106 Å². The Morgan fingerprint density at radius 2 is 1.61 bits per heavy atom. The molecule has 2 aliphatic heterocycles. The third kappa shape index (κ3) is 3.38. The van der Waals surface area contributed by atoms with E-state index in [1.165, 1.54) is 64.6 Å². The quantitative estimate of drug-likeness (QED) is 0.233. The van der Waals surface area contributed by atoms with E-state index < -0.39 is 0 Å². The molecule has 38 heavy (non-hydrogen) atoms. The van der Waals surface area contributed by atoms with Crippen LogP contribution >= 0.6 is 24.5 Å². The Morgan fingerprint density at radius 1 is 0.816 bits per heavy atom. The first-order valence-electron chi connectivity index (χ1n) is 13.4. The summed E-state index contributed by atoms with van der Waals surface area (Å²) in [5.41, 5.74) is 7.75. The third-order valence-electron chi connectivity index (χ3n) is 8.19. The number of allylic oxidation sites excluding steroid dienone is 2. The van der Waals surface area contributed by atoms with Crippen LogP contribution in [0.4, 0.5) is 5.69 Å². The van der Waals surface area contributed by atoms with E-state index in [9.17, 15) is 0 Å². The van der Waals surface area contributed by atoms with Gasteiger partial charge in [0.1, 0.15) is 5.84 Å². The van der Waals surface area contributed by atoms with Gasteiger partial charge in [0.15, 0.2) is 0 Å². The lowest BCUT2D eigenvalue weighted by molar-refractivity contribution is 0.837. The molecule has 2 unspecified atom stereocenters. The average molecular weight is 573 g/mol. The summed E-state index contributed by atoms with van der Waals surface area (Å²) in [5.74, 6) is 1.46. The molecule has 2 nitrogen and oxygen atoms in total. The number of aliphatic imine (C=N–C) groups is 1. The Labute approximate surface area is 232 Å². The fourth-order valence-corrected chi connectivity index (χ4v) is 8.91. The SMILES string of the molecule is Brc1c2c(c(-c3cccc(C4=NC5=C(CCC=C5)C5Pc6ccccc6N45)c3)c3ccccc13)=CCCC=2. The van der Waals surface area contributed by atoms with Crippen LogP contribution in [0.3, 0.4) is 0 Å². The highest BCUT2D eigenvalue weighted by molar-refractivity contribution is 9.10. The van der Waals surface area contributed by atoms with E-state index in [4.69, 9.17) is 4.99 Å². The van der Waals surface area contributed by atoms with Gasteiger partial charge in [0.25, 0.3) is 0 Å². The first kappa shape index (κ1) is 22.7. The van der Waals surface area contributed by atoms with Crippen molar-refractivity contribution >= 4 is 64.3 Å². The Kier molecular flexibility index (Phi) is 5.32. The number of rotatable bonds is 2. The van der Waals surface area contributed by atoms with Crippen LogP contribution in [0.2, 0.25) is 0 Å². The van der Waals surface area contributed by atoms with E-state index in [2.05, 4.69) is 118 Å². The molecule has 0 saturated carbocycles. The van der Waals surface area contributed by atoms with E-state index in [1.807, 2.05) is 0 Å². The predicted octanol–water partition coefficient (Wildman–Crippen LogP) is 7.14. The predicted molar refractivity (Wildman–Crippen MR) is 167 cm³/mol. The van der Waals surface area contributed by atoms with Crippen LogP contribution in [-0.2, 0) is 0 Å². The Balaban J connectivity index is 1.36. The lowest BCUT2D eigenvalue weighted by Crippen LogP contribution is -2.40. The van der Waals surface area contributed by atoms with E-state index in [0.717, 1.165) is 40.1 Å². The summed E-state index contributed by atoms with van der Waals surface area (Å²) < 4.78 is 1.21. The molecule has 0 spiro atoms. The smallest absolute Gasteiger partial charge is 0.141 e. The van der Waals surface area contributed by atoms with Crippen LogP contribution in [0.25, 0.3) is 34.1 Å². The largest absolute Gasteiger partial charge is 0.314 e. The summed E-state index contributed by atoms with van der Waals surface area (Å²) in [6, 6.07) is 26.8. The number of hydrogen-bond acceptors (Lipinski definition) is 2. The maximum absolute atomic E-state index is 5.33. The molecule has 2 atom stereocenters. The van der Waals surface area contributed by atoms with Crippen molar-refractivity contribution in [3.05, 3.63) is 117 Å². The topological polar surface area (TPSA) is 15.6 Å². The minimum Gasteiger partial charge on any atom is -0.314 e. The average Bonchev–Trinajstić information content (AvgIpc) is 3.37. The highest BCUT2D eigenvalue weighted by Crippen LogP contribution is 2.47. The Bertz CT molecular complexity index is 1880. The lowest BCUT2D eigenvalue weighted by Gasteiger charge is -2.35. The molecule has 0 aromatic heterocycles. The van der Waals surface area contributed by atoms with Gasteiger partial charge in [-0.3, -0.25) is 0 Å². The lowest BCUT2D eigenvalue weighted by atomic mass is 9.91. The molecule has 184 valence electrons. The number of hydrogen-bond donors (Lipinski definition) is 0. The molecular formula is C34H26BrN2P. The highest BCUT2D eigenvalue weighted by Gasteiger charge is 2.39. The second-order valence-electron chi connectivity index (χ2n) is 10.3. The van der Waals surface area contributed by atoms with E-state index in [1.54, 1.807) is 0 Å². The third-order valence-corrected chi connectivity index (χ3v) is 10.7. The number of amidine groups is 1. The Morgan fingerprint density at radius 3 is 2.53 bits per heavy atom. The second kappa shape index (κ2) is 8.90. The van der Waals surface area contributed by atoms with Crippen molar-refractivity contribution in [1.29, 1.82) is 0 Å². The summed E-state index contributed by atoms with van der Waals surface area (Å²) >= 11 is 3.94. The van der Waals surface area contributed by atoms with Crippen molar-refractivity contribution in [2.24, 2.45) is 4.99 Å². The minimum absolute atomic E-state index is 0.382. The maximum Gasteiger partial charge on any atom is 0.141 e. The number of nitrogens with zero attached hydrogens (tertiary/aromatic N) is 2. The molecular weight excluding hydrogens is 547 g/mol. The minimum atomic E-state index is 0.382. The van der Waals surface area contributed by atoms with Gasteiger partial charge in [0.05, 0.1) is 17.2 Å². The number of benzene rings is 4. The Hall–Kier alpha value is -3.26. The number of fused-ring (bicyclic) bond motifs is 6. The first-order chi connectivity index (χ1) is 18.8. The molecule has 0 bridgehead atoms. The van der Waals surface area contributed by atoms with Gasteiger partial charge in [-0.05, 0) is 103 Å². The number of para-hydroxylation sites is 1. The number of anilines is 1. The van der Waals surface area contributed by atoms with Crippen molar-refractivity contribution in [2.45, 2.75) is 31.5 Å². The molecule has 0 amide bonds. The zero-order valence-electron chi connectivity index (χ0n) is 20.9. The molecule has 8 rings (SSSR count). The fraction of sp³-hybridized carbons (Fsp3) is 0.147. The molecule has 0 N–H and O–H groups in total. The normalized spacial score (nSPS) is 19.9. The molecule has 2 aliphatic carbocycles. The van der Waals surface area contributed by atoms with E-state index in [-0.39, 0.29) is 0 Å². The fourth-order valence-electron chi connectivity index (χ4n) is 6.49. The van der Waals surface area contributed by atoms with Crippen LogP contribution in [0.1, 0.15) is 31.2 Å². The van der Waals surface area contributed by atoms with Crippen LogP contribution in [0.5, 0.6) is 0 Å².